The van der Waals surface area contributed by atoms with Crippen molar-refractivity contribution in [2.75, 3.05) is 6.61 Å². The average Bonchev–Trinajstić information content (AvgIpc) is 3.02. The summed E-state index contributed by atoms with van der Waals surface area (Å²) < 4.78 is 4.99. The number of benzene rings is 1. The summed E-state index contributed by atoms with van der Waals surface area (Å²) in [6.07, 6.45) is 0. The van der Waals surface area contributed by atoms with Gasteiger partial charge >= 0.3 is 5.97 Å². The van der Waals surface area contributed by atoms with E-state index in [2.05, 4.69) is 10.2 Å². The molecule has 1 aromatic carbocycles. The molecule has 0 radical (unpaired) electrons. The molecule has 2 rings (SSSR count). The van der Waals surface area contributed by atoms with E-state index in [1.807, 2.05) is 41.8 Å². The predicted molar refractivity (Wildman–Crippen MR) is 86.3 cm³/mol. The van der Waals surface area contributed by atoms with Crippen LogP contribution in [-0.4, -0.2) is 23.5 Å². The Balaban J connectivity index is 2.31. The highest BCUT2D eigenvalue weighted by Gasteiger charge is 2.16. The normalized spacial score (nSPS) is 12.3. The van der Waals surface area contributed by atoms with Gasteiger partial charge in [0.1, 0.15) is 0 Å². The molecule has 4 nitrogen and oxygen atoms in total. The Kier molecular flexibility index (Phi) is 5.66. The number of halogens is 1. The van der Waals surface area contributed by atoms with Gasteiger partial charge in [-0.25, -0.2) is 4.79 Å². The zero-order chi connectivity index (χ0) is 15.1. The van der Waals surface area contributed by atoms with Gasteiger partial charge in [0.15, 0.2) is 10.9 Å². The molecule has 0 aliphatic heterocycles. The third-order valence-corrected chi connectivity index (χ3v) is 3.64. The first-order valence-corrected chi connectivity index (χ1v) is 7.55. The Morgan fingerprint density at radius 2 is 1.95 bits per heavy atom. The Hall–Kier alpha value is -1.98. The Morgan fingerprint density at radius 3 is 2.57 bits per heavy atom. The smallest absolute Gasteiger partial charge is 0.360 e. The number of hydrogen-bond acceptors (Lipinski definition) is 5. The molecule has 0 aliphatic rings. The average molecular weight is 321 g/mol. The molecule has 0 atom stereocenters. The van der Waals surface area contributed by atoms with Gasteiger partial charge in [-0.1, -0.05) is 48.0 Å². The van der Waals surface area contributed by atoms with E-state index < -0.39 is 5.97 Å². The van der Waals surface area contributed by atoms with E-state index in [9.17, 15) is 4.79 Å². The molecule has 21 heavy (non-hydrogen) atoms. The topological polar surface area (TPSA) is 51.0 Å². The minimum Gasteiger partial charge on any atom is -0.461 e. The van der Waals surface area contributed by atoms with Crippen LogP contribution < -0.4 is 0 Å². The molecule has 0 fully saturated rings. The van der Waals surface area contributed by atoms with E-state index >= 15 is 0 Å². The van der Waals surface area contributed by atoms with Crippen LogP contribution in [0.2, 0.25) is 0 Å². The summed E-state index contributed by atoms with van der Waals surface area (Å²) in [6.45, 7) is 2.02. The van der Waals surface area contributed by atoms with Crippen molar-refractivity contribution in [1.29, 1.82) is 0 Å². The van der Waals surface area contributed by atoms with Gasteiger partial charge < -0.3 is 4.74 Å². The van der Waals surface area contributed by atoms with Crippen molar-refractivity contribution in [3.8, 4) is 0 Å². The molecule has 0 N–H and O–H groups in total. The molecule has 0 saturated heterocycles. The molecule has 0 aliphatic carbocycles. The van der Waals surface area contributed by atoms with E-state index in [0.29, 0.717) is 4.88 Å². The van der Waals surface area contributed by atoms with Crippen LogP contribution in [-0.2, 0) is 9.53 Å². The number of ether oxygens (including phenoxy) is 1. The van der Waals surface area contributed by atoms with E-state index in [1.165, 1.54) is 11.3 Å². The summed E-state index contributed by atoms with van der Waals surface area (Å²) in [5.41, 5.74) is 0.887. The van der Waals surface area contributed by atoms with Crippen LogP contribution in [0.3, 0.4) is 0 Å². The van der Waals surface area contributed by atoms with Crippen molar-refractivity contribution in [1.82, 2.24) is 0 Å². The Bertz CT molecular complexity index is 652. The number of esters is 1. The van der Waals surface area contributed by atoms with Crippen molar-refractivity contribution in [3.05, 3.63) is 58.3 Å². The quantitative estimate of drug-likeness (QED) is 0.479. The van der Waals surface area contributed by atoms with Crippen molar-refractivity contribution >= 4 is 39.8 Å². The van der Waals surface area contributed by atoms with Crippen LogP contribution in [0.1, 0.15) is 17.4 Å². The highest BCUT2D eigenvalue weighted by molar-refractivity contribution is 7.13. The van der Waals surface area contributed by atoms with Gasteiger partial charge in [0, 0.05) is 5.56 Å². The first kappa shape index (κ1) is 15.4. The lowest BCUT2D eigenvalue weighted by molar-refractivity contribution is -0.134. The van der Waals surface area contributed by atoms with Crippen molar-refractivity contribution < 1.29 is 9.53 Å². The second-order valence-corrected chi connectivity index (χ2v) is 5.21. The molecular weight excluding hydrogens is 308 g/mol. The zero-order valence-electron chi connectivity index (χ0n) is 11.3. The predicted octanol–water partition coefficient (Wildman–Crippen LogP) is 3.70. The van der Waals surface area contributed by atoms with Gasteiger partial charge in [0.2, 0.25) is 0 Å². The second kappa shape index (κ2) is 7.71. The molecule has 1 heterocycles. The fourth-order valence-electron chi connectivity index (χ4n) is 1.53. The summed E-state index contributed by atoms with van der Waals surface area (Å²) in [5, 5.41) is 9.97. The summed E-state index contributed by atoms with van der Waals surface area (Å²) in [4.78, 5) is 12.6. The Morgan fingerprint density at radius 1 is 1.19 bits per heavy atom. The van der Waals surface area contributed by atoms with E-state index in [1.54, 1.807) is 13.0 Å². The van der Waals surface area contributed by atoms with E-state index in [4.69, 9.17) is 16.3 Å². The lowest BCUT2D eigenvalue weighted by Crippen LogP contribution is -2.17. The Labute approximate surface area is 131 Å². The van der Waals surface area contributed by atoms with Crippen molar-refractivity contribution in [2.24, 2.45) is 10.2 Å². The van der Waals surface area contributed by atoms with E-state index in [0.717, 1.165) is 5.56 Å². The molecular formula is C15H13ClN2O2S. The molecule has 108 valence electrons. The molecule has 6 heteroatoms. The van der Waals surface area contributed by atoms with E-state index in [-0.39, 0.29) is 17.5 Å². The van der Waals surface area contributed by atoms with Gasteiger partial charge in [-0.05, 0) is 18.4 Å². The summed E-state index contributed by atoms with van der Waals surface area (Å²) in [7, 11) is 0. The maximum atomic E-state index is 11.9. The summed E-state index contributed by atoms with van der Waals surface area (Å²) in [6, 6.07) is 12.8. The highest BCUT2D eigenvalue weighted by atomic mass is 35.5. The van der Waals surface area contributed by atoms with Crippen LogP contribution in [0.5, 0.6) is 0 Å². The largest absolute Gasteiger partial charge is 0.461 e. The van der Waals surface area contributed by atoms with Crippen LogP contribution >= 0.6 is 22.9 Å². The molecule has 0 bridgehead atoms. The zero-order valence-corrected chi connectivity index (χ0v) is 12.9. The monoisotopic (exact) mass is 320 g/mol. The first-order valence-electron chi connectivity index (χ1n) is 6.30. The standard InChI is InChI=1S/C15H13ClN2O2S/c1-2-20-15(19)13(12-9-6-10-21-12)17-18-14(16)11-7-4-3-5-8-11/h3-10H,2H2,1H3. The minimum atomic E-state index is -0.513. The highest BCUT2D eigenvalue weighted by Crippen LogP contribution is 2.13. The summed E-state index contributed by atoms with van der Waals surface area (Å²) in [5.74, 6) is -0.513. The van der Waals surface area contributed by atoms with Gasteiger partial charge in [0.05, 0.1) is 11.5 Å². The minimum absolute atomic E-state index is 0.154. The molecule has 0 saturated carbocycles. The number of thiophene rings is 1. The fraction of sp³-hybridized carbons (Fsp3) is 0.133. The number of rotatable bonds is 5. The first-order chi connectivity index (χ1) is 10.2. The van der Waals surface area contributed by atoms with Crippen LogP contribution in [0, 0.1) is 0 Å². The van der Waals surface area contributed by atoms with Gasteiger partial charge in [-0.3, -0.25) is 0 Å². The van der Waals surface area contributed by atoms with Crippen molar-refractivity contribution in [3.63, 3.8) is 0 Å². The van der Waals surface area contributed by atoms with Crippen LogP contribution in [0.15, 0.2) is 58.0 Å². The number of hydrogen-bond donors (Lipinski definition) is 0. The molecule has 0 unspecified atom stereocenters. The maximum absolute atomic E-state index is 11.9. The maximum Gasteiger partial charge on any atom is 0.360 e. The van der Waals surface area contributed by atoms with Gasteiger partial charge in [0.25, 0.3) is 0 Å². The van der Waals surface area contributed by atoms with Gasteiger partial charge in [-0.2, -0.15) is 0 Å². The number of nitrogens with zero attached hydrogens (tertiary/aromatic N) is 2. The van der Waals surface area contributed by atoms with Crippen LogP contribution in [0.4, 0.5) is 0 Å². The molecule has 2 aromatic rings. The SMILES string of the molecule is CCOC(=O)C(=NN=C(Cl)c1ccccc1)c1cccs1. The fourth-order valence-corrected chi connectivity index (χ4v) is 2.39. The third kappa shape index (κ3) is 4.24. The number of carbonyl (C=O) groups excluding carboxylic acids is 1. The molecule has 0 amide bonds. The van der Waals surface area contributed by atoms with Gasteiger partial charge in [-0.15, -0.1) is 21.5 Å². The lowest BCUT2D eigenvalue weighted by atomic mass is 10.2. The lowest BCUT2D eigenvalue weighted by Gasteiger charge is -2.02. The van der Waals surface area contributed by atoms with Crippen LogP contribution in [0.25, 0.3) is 0 Å². The number of carbonyl (C=O) groups is 1. The molecule has 1 aromatic heterocycles. The molecule has 0 spiro atoms. The second-order valence-electron chi connectivity index (χ2n) is 3.90. The summed E-state index contributed by atoms with van der Waals surface area (Å²) >= 11 is 7.48. The van der Waals surface area contributed by atoms with Crippen molar-refractivity contribution in [2.45, 2.75) is 6.92 Å². The third-order valence-electron chi connectivity index (χ3n) is 2.47.